The number of hydrogen-bond acceptors (Lipinski definition) is 4. The van der Waals surface area contributed by atoms with E-state index < -0.39 is 11.2 Å². The zero-order valence-electron chi connectivity index (χ0n) is 19.2. The van der Waals surface area contributed by atoms with Crippen molar-refractivity contribution < 1.29 is 20.4 Å². The van der Waals surface area contributed by atoms with E-state index in [1.54, 1.807) is 48.5 Å². The molecule has 4 heteroatoms. The third-order valence-corrected chi connectivity index (χ3v) is 7.72. The molecule has 4 nitrogen and oxygen atoms in total. The molecule has 0 saturated carbocycles. The fourth-order valence-electron chi connectivity index (χ4n) is 6.03. The van der Waals surface area contributed by atoms with E-state index in [2.05, 4.69) is 0 Å². The normalized spacial score (nSPS) is 20.9. The van der Waals surface area contributed by atoms with Crippen LogP contribution < -0.4 is 0 Å². The Hall–Kier alpha value is -4.38. The van der Waals surface area contributed by atoms with Crippen LogP contribution in [0.3, 0.4) is 0 Å². The lowest BCUT2D eigenvalue weighted by atomic mass is 9.81. The van der Waals surface area contributed by atoms with Gasteiger partial charge in [0, 0.05) is 22.3 Å². The highest BCUT2D eigenvalue weighted by atomic mass is 16.3. The van der Waals surface area contributed by atoms with E-state index in [0.29, 0.717) is 11.1 Å². The maximum atomic E-state index is 12.3. The fraction of sp³-hybridized carbons (Fsp3) is 0.0625. The number of fused-ring (bicyclic) bond motifs is 6. The van der Waals surface area contributed by atoms with Gasteiger partial charge in [0.2, 0.25) is 0 Å². The smallest absolute Gasteiger partial charge is 0.141 e. The monoisotopic (exact) mass is 470 g/mol. The summed E-state index contributed by atoms with van der Waals surface area (Å²) in [7, 11) is 0. The quantitative estimate of drug-likeness (QED) is 0.270. The first kappa shape index (κ1) is 20.9. The van der Waals surface area contributed by atoms with Crippen molar-refractivity contribution in [3.8, 4) is 33.8 Å². The second kappa shape index (κ2) is 7.08. The van der Waals surface area contributed by atoms with Crippen LogP contribution in [0.2, 0.25) is 0 Å². The van der Waals surface area contributed by atoms with Crippen molar-refractivity contribution in [3.63, 3.8) is 0 Å². The SMILES string of the molecule is Oc1ccc(C2(O)c3ccccc3-c3cc4c(cc32)-c2ccccc2C4(O)c2ccc(O)cc2)cc1. The van der Waals surface area contributed by atoms with E-state index in [9.17, 15) is 20.4 Å². The van der Waals surface area contributed by atoms with Gasteiger partial charge in [0.05, 0.1) is 0 Å². The highest BCUT2D eigenvalue weighted by molar-refractivity contribution is 5.91. The average Bonchev–Trinajstić information content (AvgIpc) is 3.31. The van der Waals surface area contributed by atoms with Gasteiger partial charge in [0.25, 0.3) is 0 Å². The zero-order chi connectivity index (χ0) is 24.7. The maximum Gasteiger partial charge on any atom is 0.141 e. The minimum absolute atomic E-state index is 0.135. The summed E-state index contributed by atoms with van der Waals surface area (Å²) in [6, 6.07) is 32.8. The Morgan fingerprint density at radius 2 is 0.750 bits per heavy atom. The van der Waals surface area contributed by atoms with Crippen molar-refractivity contribution in [1.29, 1.82) is 0 Å². The summed E-state index contributed by atoms with van der Waals surface area (Å²) in [5.74, 6) is 0.270. The second-order valence-corrected chi connectivity index (χ2v) is 9.55. The molecule has 0 bridgehead atoms. The van der Waals surface area contributed by atoms with Gasteiger partial charge < -0.3 is 20.4 Å². The molecule has 4 N–H and O–H groups in total. The van der Waals surface area contributed by atoms with Crippen LogP contribution in [0.4, 0.5) is 0 Å². The highest BCUT2D eigenvalue weighted by Crippen LogP contribution is 2.57. The molecule has 5 aromatic rings. The van der Waals surface area contributed by atoms with E-state index in [-0.39, 0.29) is 11.5 Å². The van der Waals surface area contributed by atoms with Crippen LogP contribution in [-0.2, 0) is 11.2 Å². The first-order valence-electron chi connectivity index (χ1n) is 11.8. The molecule has 0 radical (unpaired) electrons. The number of benzene rings is 5. The van der Waals surface area contributed by atoms with Crippen LogP contribution in [0.15, 0.2) is 109 Å². The summed E-state index contributed by atoms with van der Waals surface area (Å²) >= 11 is 0. The lowest BCUT2D eigenvalue weighted by molar-refractivity contribution is 0.128. The number of aliphatic hydroxyl groups is 2. The van der Waals surface area contributed by atoms with Gasteiger partial charge in [-0.05, 0) is 69.8 Å². The number of phenolic OH excluding ortho intramolecular Hbond substituents is 2. The zero-order valence-corrected chi connectivity index (χ0v) is 19.2. The van der Waals surface area contributed by atoms with E-state index >= 15 is 0 Å². The molecular formula is C32H22O4. The molecular weight excluding hydrogens is 448 g/mol. The minimum atomic E-state index is -1.41. The van der Waals surface area contributed by atoms with E-state index in [0.717, 1.165) is 44.5 Å². The summed E-state index contributed by atoms with van der Waals surface area (Å²) in [5, 5.41) is 44.4. The molecule has 36 heavy (non-hydrogen) atoms. The third-order valence-electron chi connectivity index (χ3n) is 7.72. The number of rotatable bonds is 2. The fourth-order valence-corrected chi connectivity index (χ4v) is 6.03. The lowest BCUT2D eigenvalue weighted by Gasteiger charge is -2.28. The van der Waals surface area contributed by atoms with Crippen molar-refractivity contribution in [2.24, 2.45) is 0 Å². The van der Waals surface area contributed by atoms with Crippen LogP contribution in [0.5, 0.6) is 11.5 Å². The van der Waals surface area contributed by atoms with Crippen LogP contribution in [0.1, 0.15) is 33.4 Å². The van der Waals surface area contributed by atoms with Crippen LogP contribution in [0.25, 0.3) is 22.3 Å². The van der Waals surface area contributed by atoms with Crippen LogP contribution >= 0.6 is 0 Å². The van der Waals surface area contributed by atoms with Crippen molar-refractivity contribution >= 4 is 0 Å². The Morgan fingerprint density at radius 3 is 1.14 bits per heavy atom. The van der Waals surface area contributed by atoms with Crippen LogP contribution in [0, 0.1) is 0 Å². The first-order chi connectivity index (χ1) is 17.4. The summed E-state index contributed by atoms with van der Waals surface area (Å²) in [6.07, 6.45) is 0. The predicted octanol–water partition coefficient (Wildman–Crippen LogP) is 5.63. The minimum Gasteiger partial charge on any atom is -0.508 e. The molecule has 2 atom stereocenters. The third kappa shape index (κ3) is 2.55. The highest BCUT2D eigenvalue weighted by Gasteiger charge is 2.48. The maximum absolute atomic E-state index is 12.3. The summed E-state index contributed by atoms with van der Waals surface area (Å²) in [6.45, 7) is 0. The molecule has 0 saturated heterocycles. The Kier molecular flexibility index (Phi) is 4.12. The molecule has 5 aromatic carbocycles. The van der Waals surface area contributed by atoms with Gasteiger partial charge in [-0.1, -0.05) is 72.8 Å². The van der Waals surface area contributed by atoms with Crippen molar-refractivity contribution in [1.82, 2.24) is 0 Å². The molecule has 0 aliphatic heterocycles. The van der Waals surface area contributed by atoms with Gasteiger partial charge in [-0.15, -0.1) is 0 Å². The van der Waals surface area contributed by atoms with E-state index in [1.165, 1.54) is 0 Å². The van der Waals surface area contributed by atoms with Gasteiger partial charge in [-0.2, -0.15) is 0 Å². The molecule has 7 rings (SSSR count). The number of phenols is 2. The molecule has 0 spiro atoms. The summed E-state index contributed by atoms with van der Waals surface area (Å²) in [4.78, 5) is 0. The van der Waals surface area contributed by atoms with E-state index in [1.807, 2.05) is 60.7 Å². The van der Waals surface area contributed by atoms with Gasteiger partial charge in [0.15, 0.2) is 0 Å². The Balaban J connectivity index is 1.56. The number of aromatic hydroxyl groups is 2. The molecule has 174 valence electrons. The standard InChI is InChI=1S/C32H22O4/c33-21-13-9-19(10-14-21)31(35)27-7-3-1-5-23(27)25-17-30-26(18-29(25)31)24-6-2-4-8-28(24)32(30,36)20-11-15-22(34)16-12-20/h1-18,33-36H. The Labute approximate surface area is 208 Å². The van der Waals surface area contributed by atoms with Crippen LogP contribution in [-0.4, -0.2) is 20.4 Å². The second-order valence-electron chi connectivity index (χ2n) is 9.55. The number of hydrogen-bond donors (Lipinski definition) is 4. The Bertz CT molecular complexity index is 1540. The molecule has 0 heterocycles. The Morgan fingerprint density at radius 1 is 0.389 bits per heavy atom. The molecule has 0 fully saturated rings. The van der Waals surface area contributed by atoms with E-state index in [4.69, 9.17) is 0 Å². The molecule has 0 aromatic heterocycles. The predicted molar refractivity (Wildman–Crippen MR) is 138 cm³/mol. The average molecular weight is 471 g/mol. The van der Waals surface area contributed by atoms with Gasteiger partial charge in [0.1, 0.15) is 22.7 Å². The van der Waals surface area contributed by atoms with Crippen molar-refractivity contribution in [3.05, 3.63) is 143 Å². The lowest BCUT2D eigenvalue weighted by Crippen LogP contribution is -2.27. The van der Waals surface area contributed by atoms with Gasteiger partial charge in [-0.3, -0.25) is 0 Å². The summed E-state index contributed by atoms with van der Waals surface area (Å²) in [5.41, 5.74) is 4.98. The van der Waals surface area contributed by atoms with Gasteiger partial charge in [-0.25, -0.2) is 0 Å². The molecule has 0 amide bonds. The molecule has 2 aliphatic rings. The van der Waals surface area contributed by atoms with Crippen molar-refractivity contribution in [2.75, 3.05) is 0 Å². The van der Waals surface area contributed by atoms with Crippen molar-refractivity contribution in [2.45, 2.75) is 11.2 Å². The largest absolute Gasteiger partial charge is 0.508 e. The molecule has 2 aliphatic carbocycles. The first-order valence-corrected chi connectivity index (χ1v) is 11.8. The molecule has 2 unspecified atom stereocenters. The topological polar surface area (TPSA) is 80.9 Å². The summed E-state index contributed by atoms with van der Waals surface area (Å²) < 4.78 is 0. The van der Waals surface area contributed by atoms with Gasteiger partial charge >= 0.3 is 0 Å².